The van der Waals surface area contributed by atoms with E-state index in [2.05, 4.69) is 63.0 Å². The van der Waals surface area contributed by atoms with Crippen molar-refractivity contribution in [3.63, 3.8) is 0 Å². The Morgan fingerprint density at radius 2 is 2.14 bits per heavy atom. The first kappa shape index (κ1) is 24.7. The number of aromatic amines is 1. The minimum absolute atomic E-state index is 0.0541. The van der Waals surface area contributed by atoms with Crippen molar-refractivity contribution in [2.75, 3.05) is 19.6 Å². The van der Waals surface area contributed by atoms with Crippen LogP contribution in [0, 0.1) is 16.0 Å². The normalized spacial score (nSPS) is 21.1. The molecule has 1 saturated heterocycles. The molecular weight excluding hydrogens is 448 g/mol. The van der Waals surface area contributed by atoms with Crippen molar-refractivity contribution < 1.29 is 15.1 Å². The fourth-order valence-corrected chi connectivity index (χ4v) is 5.85. The monoisotopic (exact) mass is 482 g/mol. The average molecular weight is 483 g/mol. The molecule has 0 spiro atoms. The van der Waals surface area contributed by atoms with Gasteiger partial charge < -0.3 is 20.1 Å². The molecule has 188 valence electrons. The predicted octanol–water partition coefficient (Wildman–Crippen LogP) is 3.14. The summed E-state index contributed by atoms with van der Waals surface area (Å²) in [6, 6.07) is 7.25. The van der Waals surface area contributed by atoms with Gasteiger partial charge in [0.25, 0.3) is 5.09 Å². The molecule has 0 saturated carbocycles. The van der Waals surface area contributed by atoms with E-state index < -0.39 is 5.09 Å². The molecule has 0 radical (unpaired) electrons. The van der Waals surface area contributed by atoms with Crippen molar-refractivity contribution in [3.8, 4) is 0 Å². The van der Waals surface area contributed by atoms with Crippen LogP contribution >= 0.6 is 0 Å². The van der Waals surface area contributed by atoms with Crippen LogP contribution in [-0.2, 0) is 24.2 Å². The van der Waals surface area contributed by atoms with Gasteiger partial charge in [-0.05, 0) is 56.3 Å². The number of H-pyrrole nitrogens is 1. The average Bonchev–Trinajstić information content (AvgIpc) is 3.49. The lowest BCUT2D eigenvalue weighted by Gasteiger charge is -2.46. The summed E-state index contributed by atoms with van der Waals surface area (Å²) in [6.45, 7) is 8.01. The number of benzene rings is 1. The first-order valence-electron chi connectivity index (χ1n) is 12.4. The SMILES string of the molecule is CCN1C[C@H](C(=O)NCCCc2cnc[nH]2)CC2c3cccc4c3c(cn4CC)C[C@H]21.O=[N+]([O-])O. The Kier molecular flexibility index (Phi) is 7.70. The van der Waals surface area contributed by atoms with Gasteiger partial charge in [-0.25, -0.2) is 4.98 Å². The smallest absolute Gasteiger partial charge is 0.291 e. The number of piperidine rings is 1. The molecule has 1 amide bonds. The van der Waals surface area contributed by atoms with E-state index in [0.717, 1.165) is 51.0 Å². The highest BCUT2D eigenvalue weighted by Crippen LogP contribution is 2.45. The minimum atomic E-state index is -1.50. The van der Waals surface area contributed by atoms with Gasteiger partial charge in [0.1, 0.15) is 0 Å². The fourth-order valence-electron chi connectivity index (χ4n) is 5.85. The number of carbonyl (C=O) groups is 1. The summed E-state index contributed by atoms with van der Waals surface area (Å²) in [5.74, 6) is 0.697. The van der Waals surface area contributed by atoms with Crippen molar-refractivity contribution >= 4 is 16.8 Å². The second-order valence-electron chi connectivity index (χ2n) is 9.29. The molecule has 3 heterocycles. The first-order valence-corrected chi connectivity index (χ1v) is 12.4. The second kappa shape index (κ2) is 10.9. The third-order valence-corrected chi connectivity index (χ3v) is 7.37. The van der Waals surface area contributed by atoms with Crippen LogP contribution < -0.4 is 5.32 Å². The third kappa shape index (κ3) is 5.32. The van der Waals surface area contributed by atoms with E-state index in [1.165, 1.54) is 22.0 Å². The van der Waals surface area contributed by atoms with E-state index in [-0.39, 0.29) is 11.8 Å². The van der Waals surface area contributed by atoms with Gasteiger partial charge in [0.05, 0.1) is 12.2 Å². The van der Waals surface area contributed by atoms with Crippen molar-refractivity contribution in [2.24, 2.45) is 5.92 Å². The molecule has 1 aliphatic carbocycles. The zero-order valence-electron chi connectivity index (χ0n) is 20.3. The molecule has 10 nitrogen and oxygen atoms in total. The van der Waals surface area contributed by atoms with Crippen LogP contribution in [0.25, 0.3) is 10.9 Å². The highest BCUT2D eigenvalue weighted by Gasteiger charge is 2.42. The van der Waals surface area contributed by atoms with Gasteiger partial charge in [0.2, 0.25) is 5.91 Å². The van der Waals surface area contributed by atoms with Gasteiger partial charge >= 0.3 is 0 Å². The second-order valence-corrected chi connectivity index (χ2v) is 9.29. The van der Waals surface area contributed by atoms with Crippen LogP contribution in [0.5, 0.6) is 0 Å². The summed E-state index contributed by atoms with van der Waals surface area (Å²) in [7, 11) is 0. The summed E-state index contributed by atoms with van der Waals surface area (Å²) in [5, 5.41) is 18.3. The first-order chi connectivity index (χ1) is 16.9. The number of hydrogen-bond acceptors (Lipinski definition) is 5. The third-order valence-electron chi connectivity index (χ3n) is 7.37. The molecule has 10 heteroatoms. The standard InChI is InChI=1S/C25H33N5O.HNO3/c1-3-29-14-17-12-23-21(20-8-5-9-22(29)24(17)20)11-18(15-30(23)4-2)25(31)27-10-6-7-19-13-26-16-28-19;2-1(3)4/h5,8-9,13-14,16,18,21,23H,3-4,6-7,10-12,15H2,1-2H3,(H,26,28)(H,27,31);(H,2,3,4)/t18-,21?,23-;/m1./s1. The lowest BCUT2D eigenvalue weighted by atomic mass is 9.72. The lowest BCUT2D eigenvalue weighted by molar-refractivity contribution is -0.742. The van der Waals surface area contributed by atoms with Crippen LogP contribution in [0.4, 0.5) is 0 Å². The number of likely N-dealkylation sites (tertiary alicyclic amines) is 1. The number of amides is 1. The van der Waals surface area contributed by atoms with Gasteiger partial charge in [-0.1, -0.05) is 19.1 Å². The number of aromatic nitrogens is 3. The topological polar surface area (TPSA) is 129 Å². The van der Waals surface area contributed by atoms with Crippen LogP contribution in [-0.4, -0.2) is 61.3 Å². The number of rotatable bonds is 7. The van der Waals surface area contributed by atoms with Crippen molar-refractivity contribution in [1.82, 2.24) is 24.8 Å². The Labute approximate surface area is 204 Å². The summed E-state index contributed by atoms with van der Waals surface area (Å²) in [6.07, 6.45) is 9.80. The zero-order valence-corrected chi connectivity index (χ0v) is 20.3. The van der Waals surface area contributed by atoms with Crippen LogP contribution in [0.15, 0.2) is 36.9 Å². The molecule has 35 heavy (non-hydrogen) atoms. The van der Waals surface area contributed by atoms with E-state index in [9.17, 15) is 4.79 Å². The maximum atomic E-state index is 13.1. The summed E-state index contributed by atoms with van der Waals surface area (Å²) >= 11 is 0. The van der Waals surface area contributed by atoms with E-state index in [1.54, 1.807) is 6.33 Å². The Bertz CT molecular complexity index is 1150. The van der Waals surface area contributed by atoms with E-state index in [1.807, 2.05) is 6.20 Å². The highest BCUT2D eigenvalue weighted by atomic mass is 16.9. The fraction of sp³-hybridized carbons (Fsp3) is 0.520. The molecule has 1 aromatic carbocycles. The quantitative estimate of drug-likeness (QED) is 0.270. The largest absolute Gasteiger partial charge is 0.356 e. The molecule has 0 bridgehead atoms. The molecule has 3 N–H and O–H groups in total. The Morgan fingerprint density at radius 3 is 2.83 bits per heavy atom. The maximum Gasteiger partial charge on any atom is 0.291 e. The minimum Gasteiger partial charge on any atom is -0.356 e. The number of nitrogens with zero attached hydrogens (tertiary/aromatic N) is 4. The number of hydrogen-bond donors (Lipinski definition) is 3. The molecule has 1 fully saturated rings. The molecular formula is C25H34N6O4. The summed E-state index contributed by atoms with van der Waals surface area (Å²) in [5.41, 5.74) is 5.40. The molecule has 1 aliphatic heterocycles. The maximum absolute atomic E-state index is 13.1. The van der Waals surface area contributed by atoms with Crippen LogP contribution in [0.1, 0.15) is 49.4 Å². The lowest BCUT2D eigenvalue weighted by Crippen LogP contribution is -2.53. The number of fused-ring (bicyclic) bond motifs is 2. The Morgan fingerprint density at radius 1 is 1.34 bits per heavy atom. The molecule has 3 atom stereocenters. The van der Waals surface area contributed by atoms with Crippen molar-refractivity contribution in [3.05, 3.63) is 63.9 Å². The van der Waals surface area contributed by atoms with Gasteiger partial charge in [0, 0.05) is 60.6 Å². The number of carbonyl (C=O) groups excluding carboxylic acids is 1. The number of likely N-dealkylation sites (N-methyl/N-ethyl adjacent to an activating group) is 1. The molecule has 2 aromatic heterocycles. The van der Waals surface area contributed by atoms with Gasteiger partial charge in [0.15, 0.2) is 0 Å². The van der Waals surface area contributed by atoms with E-state index >= 15 is 0 Å². The van der Waals surface area contributed by atoms with E-state index in [4.69, 9.17) is 15.3 Å². The van der Waals surface area contributed by atoms with Crippen LogP contribution in [0.2, 0.25) is 0 Å². The number of nitrogens with one attached hydrogen (secondary N) is 2. The Hall–Kier alpha value is -3.40. The van der Waals surface area contributed by atoms with Gasteiger partial charge in [-0.2, -0.15) is 0 Å². The van der Waals surface area contributed by atoms with E-state index in [0.29, 0.717) is 18.5 Å². The predicted molar refractivity (Wildman–Crippen MR) is 132 cm³/mol. The molecule has 5 rings (SSSR count). The number of imidazole rings is 1. The van der Waals surface area contributed by atoms with Crippen molar-refractivity contribution in [1.29, 1.82) is 0 Å². The molecule has 2 aliphatic rings. The van der Waals surface area contributed by atoms with Gasteiger partial charge in [-0.3, -0.25) is 9.69 Å². The summed E-state index contributed by atoms with van der Waals surface area (Å²) in [4.78, 5) is 31.2. The Balaban J connectivity index is 0.000000672. The van der Waals surface area contributed by atoms with Crippen molar-refractivity contribution in [2.45, 2.75) is 58.0 Å². The number of aryl methyl sites for hydroxylation is 2. The van der Waals surface area contributed by atoms with Crippen LogP contribution in [0.3, 0.4) is 0 Å². The molecule has 1 unspecified atom stereocenters. The molecule has 3 aromatic rings. The zero-order chi connectivity index (χ0) is 24.9. The summed E-state index contributed by atoms with van der Waals surface area (Å²) < 4.78 is 2.38. The highest BCUT2D eigenvalue weighted by molar-refractivity contribution is 5.89. The van der Waals surface area contributed by atoms with Gasteiger partial charge in [-0.15, -0.1) is 10.1 Å².